The van der Waals surface area contributed by atoms with Gasteiger partial charge in [0, 0.05) is 28.8 Å². The van der Waals surface area contributed by atoms with Crippen LogP contribution in [0.1, 0.15) is 5.56 Å². The van der Waals surface area contributed by atoms with E-state index in [0.717, 1.165) is 17.7 Å². The quantitative estimate of drug-likeness (QED) is 0.658. The fourth-order valence-corrected chi connectivity index (χ4v) is 2.25. The van der Waals surface area contributed by atoms with Crippen LogP contribution in [0, 0.1) is 15.9 Å². The number of rotatable bonds is 5. The first kappa shape index (κ1) is 14.5. The molecule has 0 aliphatic rings. The summed E-state index contributed by atoms with van der Waals surface area (Å²) in [5.41, 5.74) is 1.90. The van der Waals surface area contributed by atoms with Crippen LogP contribution in [0.25, 0.3) is 0 Å². The lowest BCUT2D eigenvalue weighted by molar-refractivity contribution is -0.384. The summed E-state index contributed by atoms with van der Waals surface area (Å²) in [4.78, 5) is 10.1. The highest BCUT2D eigenvalue weighted by Gasteiger charge is 2.04. The van der Waals surface area contributed by atoms with Crippen LogP contribution in [0.3, 0.4) is 0 Å². The van der Waals surface area contributed by atoms with E-state index in [2.05, 4.69) is 21.2 Å². The number of nitro groups is 1. The van der Waals surface area contributed by atoms with E-state index < -0.39 is 4.92 Å². The summed E-state index contributed by atoms with van der Waals surface area (Å²) in [5.74, 6) is -0.294. The molecule has 2 aromatic carbocycles. The molecule has 0 amide bonds. The molecule has 6 heteroatoms. The highest BCUT2D eigenvalue weighted by atomic mass is 79.9. The average Bonchev–Trinajstić information content (AvgIpc) is 2.42. The molecule has 1 N–H and O–H groups in total. The topological polar surface area (TPSA) is 55.2 Å². The van der Waals surface area contributed by atoms with Crippen molar-refractivity contribution in [3.05, 3.63) is 68.4 Å². The molecule has 2 rings (SSSR count). The van der Waals surface area contributed by atoms with Crippen LogP contribution in [0.5, 0.6) is 0 Å². The minimum atomic E-state index is -0.419. The molecule has 0 saturated carbocycles. The van der Waals surface area contributed by atoms with E-state index in [1.807, 2.05) is 0 Å². The molecule has 4 nitrogen and oxygen atoms in total. The van der Waals surface area contributed by atoms with Crippen LogP contribution in [0.2, 0.25) is 0 Å². The van der Waals surface area contributed by atoms with Gasteiger partial charge in [-0.2, -0.15) is 0 Å². The number of anilines is 1. The maximum atomic E-state index is 12.9. The molecule has 0 fully saturated rings. The van der Waals surface area contributed by atoms with Gasteiger partial charge >= 0.3 is 0 Å². The number of hydrogen-bond acceptors (Lipinski definition) is 3. The van der Waals surface area contributed by atoms with Crippen LogP contribution in [0.15, 0.2) is 46.9 Å². The van der Waals surface area contributed by atoms with E-state index in [4.69, 9.17) is 0 Å². The summed E-state index contributed by atoms with van der Waals surface area (Å²) >= 11 is 3.28. The van der Waals surface area contributed by atoms with E-state index >= 15 is 0 Å². The van der Waals surface area contributed by atoms with Crippen molar-refractivity contribution in [2.75, 3.05) is 11.9 Å². The molecule has 0 radical (unpaired) electrons. The van der Waals surface area contributed by atoms with Crippen LogP contribution < -0.4 is 5.32 Å². The van der Waals surface area contributed by atoms with Gasteiger partial charge in [-0.15, -0.1) is 0 Å². The zero-order valence-corrected chi connectivity index (χ0v) is 12.1. The summed E-state index contributed by atoms with van der Waals surface area (Å²) in [6, 6.07) is 10.9. The Morgan fingerprint density at radius 3 is 2.50 bits per heavy atom. The molecular weight excluding hydrogens is 327 g/mol. The maximum absolute atomic E-state index is 12.9. The lowest BCUT2D eigenvalue weighted by atomic mass is 10.1. The minimum Gasteiger partial charge on any atom is -0.384 e. The predicted molar refractivity (Wildman–Crippen MR) is 79.4 cm³/mol. The molecule has 0 aromatic heterocycles. The second kappa shape index (κ2) is 6.47. The molecule has 20 heavy (non-hydrogen) atoms. The highest BCUT2D eigenvalue weighted by Crippen LogP contribution is 2.23. The molecule has 0 saturated heterocycles. The molecule has 0 unspecified atom stereocenters. The van der Waals surface area contributed by atoms with Gasteiger partial charge in [-0.3, -0.25) is 10.1 Å². The maximum Gasteiger partial charge on any atom is 0.269 e. The zero-order valence-electron chi connectivity index (χ0n) is 10.5. The Hall–Kier alpha value is -1.95. The van der Waals surface area contributed by atoms with E-state index in [-0.39, 0.29) is 11.5 Å². The van der Waals surface area contributed by atoms with E-state index in [0.29, 0.717) is 11.0 Å². The van der Waals surface area contributed by atoms with Crippen molar-refractivity contribution in [2.24, 2.45) is 0 Å². The van der Waals surface area contributed by atoms with Gasteiger partial charge in [0.05, 0.1) is 4.92 Å². The fraction of sp³-hybridized carbons (Fsp3) is 0.143. The van der Waals surface area contributed by atoms with Crippen molar-refractivity contribution >= 4 is 27.3 Å². The van der Waals surface area contributed by atoms with Crippen molar-refractivity contribution in [3.63, 3.8) is 0 Å². The average molecular weight is 339 g/mol. The summed E-state index contributed by atoms with van der Waals surface area (Å²) < 4.78 is 13.6. The van der Waals surface area contributed by atoms with Crippen LogP contribution in [0.4, 0.5) is 15.8 Å². The molecule has 0 aliphatic heterocycles. The molecule has 2 aromatic rings. The third-order valence-corrected chi connectivity index (χ3v) is 3.46. The van der Waals surface area contributed by atoms with Gasteiger partial charge < -0.3 is 5.32 Å². The largest absolute Gasteiger partial charge is 0.384 e. The van der Waals surface area contributed by atoms with Crippen LogP contribution in [-0.2, 0) is 6.42 Å². The standard InChI is InChI=1S/C14H12BrFN2O2/c15-13-9-11(16)3-6-14(13)17-8-7-10-1-4-12(5-2-10)18(19)20/h1-6,9,17H,7-8H2. The molecule has 0 aliphatic carbocycles. The monoisotopic (exact) mass is 338 g/mol. The Morgan fingerprint density at radius 1 is 1.20 bits per heavy atom. The van der Waals surface area contributed by atoms with Crippen LogP contribution >= 0.6 is 15.9 Å². The second-order valence-corrected chi connectivity index (χ2v) is 5.08. The Labute approximate surface area is 123 Å². The molecular formula is C14H12BrFN2O2. The van der Waals surface area contributed by atoms with E-state index in [1.165, 1.54) is 24.3 Å². The third kappa shape index (κ3) is 3.77. The Morgan fingerprint density at radius 2 is 1.90 bits per heavy atom. The first-order chi connectivity index (χ1) is 9.56. The lowest BCUT2D eigenvalue weighted by Gasteiger charge is -2.08. The minimum absolute atomic E-state index is 0.0861. The summed E-state index contributed by atoms with van der Waals surface area (Å²) in [7, 11) is 0. The van der Waals surface area contributed by atoms with Gasteiger partial charge in [-0.25, -0.2) is 4.39 Å². The molecule has 0 heterocycles. The zero-order chi connectivity index (χ0) is 14.5. The van der Waals surface area contributed by atoms with Gasteiger partial charge in [0.15, 0.2) is 0 Å². The number of nitrogens with one attached hydrogen (secondary N) is 1. The summed E-state index contributed by atoms with van der Waals surface area (Å²) in [5, 5.41) is 13.7. The summed E-state index contributed by atoms with van der Waals surface area (Å²) in [6.07, 6.45) is 0.724. The normalized spacial score (nSPS) is 10.3. The first-order valence-corrected chi connectivity index (χ1v) is 6.78. The van der Waals surface area contributed by atoms with Gasteiger partial charge in [0.2, 0.25) is 0 Å². The number of non-ortho nitro benzene ring substituents is 1. The molecule has 0 spiro atoms. The number of benzene rings is 2. The van der Waals surface area contributed by atoms with E-state index in [1.54, 1.807) is 18.2 Å². The number of nitro benzene ring substituents is 1. The van der Waals surface area contributed by atoms with Crippen molar-refractivity contribution in [1.82, 2.24) is 0 Å². The number of hydrogen-bond donors (Lipinski definition) is 1. The van der Waals surface area contributed by atoms with Crippen molar-refractivity contribution in [1.29, 1.82) is 0 Å². The van der Waals surface area contributed by atoms with E-state index in [9.17, 15) is 14.5 Å². The smallest absolute Gasteiger partial charge is 0.269 e. The molecule has 104 valence electrons. The summed E-state index contributed by atoms with van der Waals surface area (Å²) in [6.45, 7) is 0.655. The van der Waals surface area contributed by atoms with Gasteiger partial charge in [0.25, 0.3) is 5.69 Å². The van der Waals surface area contributed by atoms with Crippen molar-refractivity contribution in [2.45, 2.75) is 6.42 Å². The Kier molecular flexibility index (Phi) is 4.68. The van der Waals surface area contributed by atoms with Crippen molar-refractivity contribution < 1.29 is 9.31 Å². The SMILES string of the molecule is O=[N+]([O-])c1ccc(CCNc2ccc(F)cc2Br)cc1. The third-order valence-electron chi connectivity index (χ3n) is 2.81. The first-order valence-electron chi connectivity index (χ1n) is 5.98. The molecule has 0 atom stereocenters. The Balaban J connectivity index is 1.91. The lowest BCUT2D eigenvalue weighted by Crippen LogP contribution is -2.05. The highest BCUT2D eigenvalue weighted by molar-refractivity contribution is 9.10. The predicted octanol–water partition coefficient (Wildman–Crippen LogP) is 4.15. The van der Waals surface area contributed by atoms with Gasteiger partial charge in [0.1, 0.15) is 5.82 Å². The molecule has 0 bridgehead atoms. The Bertz CT molecular complexity index is 617. The van der Waals surface area contributed by atoms with Gasteiger partial charge in [-0.1, -0.05) is 12.1 Å². The van der Waals surface area contributed by atoms with Crippen LogP contribution in [-0.4, -0.2) is 11.5 Å². The van der Waals surface area contributed by atoms with Gasteiger partial charge in [-0.05, 0) is 46.1 Å². The number of nitrogens with zero attached hydrogens (tertiary/aromatic N) is 1. The fourth-order valence-electron chi connectivity index (χ4n) is 1.76. The van der Waals surface area contributed by atoms with Crippen molar-refractivity contribution in [3.8, 4) is 0 Å². The number of halogens is 2. The second-order valence-electron chi connectivity index (χ2n) is 4.22.